The molecule has 21 heavy (non-hydrogen) atoms. The lowest BCUT2D eigenvalue weighted by molar-refractivity contribution is -0.530. The van der Waals surface area contributed by atoms with E-state index in [0.29, 0.717) is 19.4 Å². The van der Waals surface area contributed by atoms with E-state index in [9.17, 15) is 15.3 Å². The van der Waals surface area contributed by atoms with Gasteiger partial charge in [-0.25, -0.2) is 0 Å². The maximum Gasteiger partial charge on any atom is 0.214 e. The third-order valence-electron chi connectivity index (χ3n) is 4.57. The van der Waals surface area contributed by atoms with Crippen LogP contribution in [0.5, 0.6) is 0 Å². The summed E-state index contributed by atoms with van der Waals surface area (Å²) in [6.45, 7) is 0.326. The van der Waals surface area contributed by atoms with Crippen LogP contribution < -0.4 is 22.9 Å². The van der Waals surface area contributed by atoms with Crippen molar-refractivity contribution >= 4 is 0 Å². The first kappa shape index (κ1) is 17.0. The van der Waals surface area contributed by atoms with Crippen molar-refractivity contribution < 1.29 is 47.7 Å². The maximum absolute atomic E-state index is 10.0. The smallest absolute Gasteiger partial charge is 0.214 e. The van der Waals surface area contributed by atoms with Gasteiger partial charge in [0.1, 0.15) is 49.1 Å². The maximum atomic E-state index is 10.0. The van der Waals surface area contributed by atoms with Gasteiger partial charge in [0.05, 0.1) is 6.42 Å². The molecule has 0 aromatic rings. The molecule has 0 aromatic heterocycles. The number of hydrogen-bond acceptors (Lipinski definition) is 5. The van der Waals surface area contributed by atoms with Crippen molar-refractivity contribution in [2.45, 2.75) is 67.8 Å². The Labute approximate surface area is 123 Å². The minimum absolute atomic E-state index is 0.00565. The first-order valence-corrected chi connectivity index (χ1v) is 7.48. The van der Waals surface area contributed by atoms with Gasteiger partial charge in [0.2, 0.25) is 6.29 Å². The van der Waals surface area contributed by atoms with Gasteiger partial charge in [-0.3, -0.25) is 0 Å². The lowest BCUT2D eigenvalue weighted by Gasteiger charge is -2.40. The largest absolute Gasteiger partial charge is 0.387 e. The molecule has 1 aliphatic carbocycles. The summed E-state index contributed by atoms with van der Waals surface area (Å²) >= 11 is 0. The number of aliphatic hydroxyl groups is 3. The fraction of sp³-hybridized carbons (Fsp3) is 1.00. The Bertz CT molecular complexity index is 348. The SMILES string of the molecule is [NH3+]C[C@H]1O[C@H](O[C@H]2C[C@@H](O)[C@H]([NH3+])C[C@@H]2[NH3+])[C@H]([NH3+])[C@@H](O)[C@@H]1O. The van der Waals surface area contributed by atoms with Crippen molar-refractivity contribution in [3.63, 3.8) is 0 Å². The molecule has 0 radical (unpaired) electrons. The molecular weight excluding hydrogens is 280 g/mol. The number of quaternary nitrogens is 4. The lowest BCUT2D eigenvalue weighted by Crippen LogP contribution is -2.81. The van der Waals surface area contributed by atoms with Crippen molar-refractivity contribution in [2.75, 3.05) is 6.54 Å². The molecule has 1 saturated heterocycles. The van der Waals surface area contributed by atoms with Crippen molar-refractivity contribution in [1.29, 1.82) is 0 Å². The molecule has 0 aromatic carbocycles. The highest BCUT2D eigenvalue weighted by Gasteiger charge is 2.48. The van der Waals surface area contributed by atoms with Crippen LogP contribution in [0.1, 0.15) is 12.8 Å². The van der Waals surface area contributed by atoms with Gasteiger partial charge in [0, 0.05) is 6.42 Å². The second kappa shape index (κ2) is 6.82. The molecule has 0 bridgehead atoms. The lowest BCUT2D eigenvalue weighted by atomic mass is 9.87. The number of hydrogen-bond donors (Lipinski definition) is 7. The highest BCUT2D eigenvalue weighted by molar-refractivity contribution is 4.90. The van der Waals surface area contributed by atoms with E-state index in [-0.39, 0.29) is 18.2 Å². The van der Waals surface area contributed by atoms with Crippen LogP contribution in [-0.2, 0) is 9.47 Å². The zero-order chi connectivity index (χ0) is 15.7. The second-order valence-corrected chi connectivity index (χ2v) is 6.21. The third kappa shape index (κ3) is 3.52. The van der Waals surface area contributed by atoms with Gasteiger partial charge in [-0.1, -0.05) is 0 Å². The first-order valence-electron chi connectivity index (χ1n) is 7.48. The summed E-state index contributed by atoms with van der Waals surface area (Å²) in [7, 11) is 0. The van der Waals surface area contributed by atoms with Crippen LogP contribution in [-0.4, -0.2) is 76.8 Å². The molecular formula is C12H30N4O5+4. The molecule has 0 unspecified atom stereocenters. The minimum atomic E-state index is -1.02. The monoisotopic (exact) mass is 310 g/mol. The van der Waals surface area contributed by atoms with Gasteiger partial charge in [0.15, 0.2) is 6.04 Å². The molecule has 2 fully saturated rings. The van der Waals surface area contributed by atoms with Gasteiger partial charge >= 0.3 is 0 Å². The van der Waals surface area contributed by atoms with Crippen LogP contribution in [0.2, 0.25) is 0 Å². The quantitative estimate of drug-likeness (QED) is 0.272. The molecule has 2 aliphatic rings. The molecule has 9 atom stereocenters. The molecule has 0 amide bonds. The highest BCUT2D eigenvalue weighted by atomic mass is 16.7. The standard InChI is InChI=1S/C12H26N4O5/c13-3-8-10(18)11(19)9(16)12(21-8)20-7-2-6(17)4(14)1-5(7)15/h4-12,17-19H,1-3,13-16H2/p+4/t4-,5+,6-,7+,8-,9-,10-,11-,12+/m1/s1. The van der Waals surface area contributed by atoms with Gasteiger partial charge in [-0.2, -0.15) is 0 Å². The van der Waals surface area contributed by atoms with E-state index in [0.717, 1.165) is 0 Å². The second-order valence-electron chi connectivity index (χ2n) is 6.21. The van der Waals surface area contributed by atoms with E-state index in [1.165, 1.54) is 0 Å². The predicted molar refractivity (Wildman–Crippen MR) is 68.6 cm³/mol. The van der Waals surface area contributed by atoms with E-state index < -0.39 is 36.7 Å². The molecule has 2 rings (SSSR count). The van der Waals surface area contributed by atoms with Crippen molar-refractivity contribution in [1.82, 2.24) is 0 Å². The number of rotatable bonds is 3. The summed E-state index contributed by atoms with van der Waals surface area (Å²) in [6, 6.07) is -0.659. The molecule has 1 saturated carbocycles. The van der Waals surface area contributed by atoms with E-state index in [1.807, 2.05) is 0 Å². The average molecular weight is 310 g/mol. The van der Waals surface area contributed by atoms with Crippen molar-refractivity contribution in [3.8, 4) is 0 Å². The topological polar surface area (TPSA) is 190 Å². The molecule has 9 nitrogen and oxygen atoms in total. The molecule has 124 valence electrons. The summed E-state index contributed by atoms with van der Waals surface area (Å²) < 4.78 is 11.6. The van der Waals surface area contributed by atoms with Gasteiger partial charge in [-0.15, -0.1) is 0 Å². The van der Waals surface area contributed by atoms with Crippen LogP contribution in [0.15, 0.2) is 0 Å². The van der Waals surface area contributed by atoms with E-state index in [1.54, 1.807) is 0 Å². The summed E-state index contributed by atoms with van der Waals surface area (Å²) in [5.41, 5.74) is 15.5. The van der Waals surface area contributed by atoms with Gasteiger partial charge in [-0.05, 0) is 0 Å². The van der Waals surface area contributed by atoms with E-state index >= 15 is 0 Å². The van der Waals surface area contributed by atoms with Crippen molar-refractivity contribution in [3.05, 3.63) is 0 Å². The molecule has 15 N–H and O–H groups in total. The normalized spacial score (nSPS) is 51.9. The Hall–Kier alpha value is -0.360. The predicted octanol–water partition coefficient (Wildman–Crippen LogP) is -6.95. The zero-order valence-electron chi connectivity index (χ0n) is 12.3. The van der Waals surface area contributed by atoms with Crippen molar-refractivity contribution in [2.24, 2.45) is 0 Å². The molecule has 0 spiro atoms. The average Bonchev–Trinajstić information content (AvgIpc) is 2.45. The Morgan fingerprint density at radius 1 is 1.00 bits per heavy atom. The summed E-state index contributed by atoms with van der Waals surface area (Å²) in [4.78, 5) is 0. The Morgan fingerprint density at radius 3 is 2.29 bits per heavy atom. The highest BCUT2D eigenvalue weighted by Crippen LogP contribution is 2.25. The number of ether oxygens (including phenoxy) is 2. The van der Waals surface area contributed by atoms with Crippen LogP contribution in [0.25, 0.3) is 0 Å². The van der Waals surface area contributed by atoms with E-state index in [4.69, 9.17) is 9.47 Å². The van der Waals surface area contributed by atoms with Gasteiger partial charge in [0.25, 0.3) is 0 Å². The molecule has 1 heterocycles. The Morgan fingerprint density at radius 2 is 1.67 bits per heavy atom. The van der Waals surface area contributed by atoms with Crippen LogP contribution in [0, 0.1) is 0 Å². The zero-order valence-corrected chi connectivity index (χ0v) is 12.3. The summed E-state index contributed by atoms with van der Waals surface area (Å²) in [6.07, 6.45) is -3.06. The van der Waals surface area contributed by atoms with Crippen LogP contribution >= 0.6 is 0 Å². The number of aliphatic hydroxyl groups excluding tert-OH is 3. The van der Waals surface area contributed by atoms with E-state index in [2.05, 4.69) is 22.9 Å². The fourth-order valence-electron chi connectivity index (χ4n) is 3.02. The Kier molecular flexibility index (Phi) is 5.52. The summed E-state index contributed by atoms with van der Waals surface area (Å²) in [5.74, 6) is 0. The third-order valence-corrected chi connectivity index (χ3v) is 4.57. The Balaban J connectivity index is 2.01. The molecule has 1 aliphatic heterocycles. The van der Waals surface area contributed by atoms with Gasteiger partial charge < -0.3 is 47.7 Å². The van der Waals surface area contributed by atoms with Crippen LogP contribution in [0.3, 0.4) is 0 Å². The fourth-order valence-corrected chi connectivity index (χ4v) is 3.02. The molecule has 9 heteroatoms. The minimum Gasteiger partial charge on any atom is -0.387 e. The summed E-state index contributed by atoms with van der Waals surface area (Å²) in [5, 5.41) is 29.8. The first-order chi connectivity index (χ1) is 9.85. The van der Waals surface area contributed by atoms with Crippen LogP contribution in [0.4, 0.5) is 0 Å².